The van der Waals surface area contributed by atoms with Gasteiger partial charge >= 0.3 is 0 Å². The smallest absolute Gasteiger partial charge is 0.249 e. The van der Waals surface area contributed by atoms with E-state index in [9.17, 15) is 4.79 Å². The van der Waals surface area contributed by atoms with Gasteiger partial charge in [-0.1, -0.05) is 23.5 Å². The van der Waals surface area contributed by atoms with E-state index in [-0.39, 0.29) is 5.91 Å². The number of thiazole rings is 1. The highest BCUT2D eigenvalue weighted by Gasteiger charge is 2.05. The van der Waals surface area contributed by atoms with Gasteiger partial charge in [0.2, 0.25) is 5.91 Å². The van der Waals surface area contributed by atoms with Gasteiger partial charge in [0, 0.05) is 0 Å². The summed E-state index contributed by atoms with van der Waals surface area (Å²) in [6.07, 6.45) is 3.18. The fourth-order valence-electron chi connectivity index (χ4n) is 1.38. The van der Waals surface area contributed by atoms with Gasteiger partial charge in [0.05, 0.1) is 10.2 Å². The molecule has 2 aromatic rings. The Labute approximate surface area is 97.8 Å². The number of nitrogens with one attached hydrogen (secondary N) is 1. The molecular formula is C12H12N2OS. The van der Waals surface area contributed by atoms with Crippen molar-refractivity contribution in [3.05, 3.63) is 35.9 Å². The summed E-state index contributed by atoms with van der Waals surface area (Å²) in [5.74, 6) is -0.140. The van der Waals surface area contributed by atoms with E-state index < -0.39 is 0 Å². The molecular weight excluding hydrogens is 220 g/mol. The van der Waals surface area contributed by atoms with Crippen molar-refractivity contribution in [1.82, 2.24) is 4.98 Å². The summed E-state index contributed by atoms with van der Waals surface area (Å²) >= 11 is 1.49. The average molecular weight is 232 g/mol. The number of aromatic nitrogens is 1. The first-order valence-electron chi connectivity index (χ1n) is 5.00. The van der Waals surface area contributed by atoms with E-state index in [1.165, 1.54) is 23.0 Å². The van der Waals surface area contributed by atoms with Gasteiger partial charge in [-0.05, 0) is 37.6 Å². The van der Waals surface area contributed by atoms with Gasteiger partial charge in [-0.3, -0.25) is 10.1 Å². The van der Waals surface area contributed by atoms with Gasteiger partial charge in [0.25, 0.3) is 0 Å². The fraction of sp³-hybridized carbons (Fsp3) is 0.167. The van der Waals surface area contributed by atoms with Crippen LogP contribution in [0.15, 0.2) is 30.4 Å². The molecule has 0 aliphatic carbocycles. The second-order valence-corrected chi connectivity index (χ2v) is 4.51. The molecule has 0 saturated carbocycles. The van der Waals surface area contributed by atoms with Crippen molar-refractivity contribution >= 4 is 32.6 Å². The second-order valence-electron chi connectivity index (χ2n) is 3.48. The van der Waals surface area contributed by atoms with Gasteiger partial charge in [-0.15, -0.1) is 0 Å². The maximum Gasteiger partial charge on any atom is 0.249 e. The van der Waals surface area contributed by atoms with E-state index in [0.717, 1.165) is 10.2 Å². The minimum Gasteiger partial charge on any atom is -0.298 e. The normalized spacial score (nSPS) is 11.1. The molecule has 3 nitrogen and oxygen atoms in total. The third-order valence-corrected chi connectivity index (χ3v) is 3.03. The lowest BCUT2D eigenvalue weighted by Gasteiger charge is -1.93. The van der Waals surface area contributed by atoms with Crippen LogP contribution in [-0.4, -0.2) is 10.9 Å². The van der Waals surface area contributed by atoms with Crippen molar-refractivity contribution < 1.29 is 4.79 Å². The standard InChI is InChI=1S/C12H12N2OS/c1-3-4-11(15)14-12-13-9-6-5-8(2)7-10(9)16-12/h3-7H,1-2H3,(H,13,14,15). The summed E-state index contributed by atoms with van der Waals surface area (Å²) < 4.78 is 1.09. The number of aryl methyl sites for hydroxylation is 1. The summed E-state index contributed by atoms with van der Waals surface area (Å²) in [6, 6.07) is 6.05. The molecule has 0 aliphatic rings. The number of amides is 1. The van der Waals surface area contributed by atoms with Crippen LogP contribution >= 0.6 is 11.3 Å². The molecule has 1 heterocycles. The predicted molar refractivity (Wildman–Crippen MR) is 67.8 cm³/mol. The molecule has 2 rings (SSSR count). The van der Waals surface area contributed by atoms with E-state index in [4.69, 9.17) is 0 Å². The van der Waals surface area contributed by atoms with E-state index in [1.54, 1.807) is 13.0 Å². The van der Waals surface area contributed by atoms with Crippen molar-refractivity contribution in [1.29, 1.82) is 0 Å². The first-order valence-corrected chi connectivity index (χ1v) is 5.81. The number of fused-ring (bicyclic) bond motifs is 1. The van der Waals surface area contributed by atoms with Gasteiger partial charge in [-0.2, -0.15) is 0 Å². The monoisotopic (exact) mass is 232 g/mol. The second kappa shape index (κ2) is 4.45. The first-order chi connectivity index (χ1) is 7.69. The molecule has 0 spiro atoms. The van der Waals surface area contributed by atoms with E-state index in [1.807, 2.05) is 19.1 Å². The van der Waals surface area contributed by atoms with E-state index >= 15 is 0 Å². The third-order valence-electron chi connectivity index (χ3n) is 2.09. The molecule has 1 aromatic heterocycles. The van der Waals surface area contributed by atoms with Crippen LogP contribution in [-0.2, 0) is 4.79 Å². The average Bonchev–Trinajstić information content (AvgIpc) is 2.59. The van der Waals surface area contributed by atoms with Crippen molar-refractivity contribution in [2.45, 2.75) is 13.8 Å². The molecule has 82 valence electrons. The molecule has 0 unspecified atom stereocenters. The Balaban J connectivity index is 2.29. The highest BCUT2D eigenvalue weighted by Crippen LogP contribution is 2.26. The maximum atomic E-state index is 11.3. The molecule has 1 N–H and O–H groups in total. The number of hydrogen-bond acceptors (Lipinski definition) is 3. The number of anilines is 1. The minimum absolute atomic E-state index is 0.140. The maximum absolute atomic E-state index is 11.3. The molecule has 0 fully saturated rings. The molecule has 0 saturated heterocycles. The van der Waals surface area contributed by atoms with Gasteiger partial charge in [0.15, 0.2) is 5.13 Å². The number of allylic oxidation sites excluding steroid dienone is 1. The topological polar surface area (TPSA) is 42.0 Å². The Morgan fingerprint density at radius 1 is 1.50 bits per heavy atom. The molecule has 0 bridgehead atoms. The number of nitrogens with zero attached hydrogens (tertiary/aromatic N) is 1. The Morgan fingerprint density at radius 3 is 3.06 bits per heavy atom. The van der Waals surface area contributed by atoms with Crippen LogP contribution in [0.25, 0.3) is 10.2 Å². The molecule has 16 heavy (non-hydrogen) atoms. The van der Waals surface area contributed by atoms with Crippen LogP contribution in [0, 0.1) is 6.92 Å². The van der Waals surface area contributed by atoms with E-state index in [0.29, 0.717) is 5.13 Å². The Bertz CT molecular complexity index is 557. The molecule has 4 heteroatoms. The number of carbonyl (C=O) groups is 1. The van der Waals surface area contributed by atoms with Crippen molar-refractivity contribution in [2.75, 3.05) is 5.32 Å². The summed E-state index contributed by atoms with van der Waals surface area (Å²) in [4.78, 5) is 15.7. The van der Waals surface area contributed by atoms with Crippen LogP contribution in [0.3, 0.4) is 0 Å². The molecule has 1 aromatic carbocycles. The summed E-state index contributed by atoms with van der Waals surface area (Å²) in [6.45, 7) is 3.85. The van der Waals surface area contributed by atoms with Crippen molar-refractivity contribution in [2.24, 2.45) is 0 Å². The number of benzene rings is 1. The lowest BCUT2D eigenvalue weighted by Crippen LogP contribution is -2.06. The SMILES string of the molecule is CC=CC(=O)Nc1nc2ccc(C)cc2s1. The Kier molecular flexibility index (Phi) is 3.01. The van der Waals surface area contributed by atoms with Crippen LogP contribution in [0.1, 0.15) is 12.5 Å². The summed E-state index contributed by atoms with van der Waals surface area (Å²) in [5, 5.41) is 3.38. The molecule has 0 atom stereocenters. The minimum atomic E-state index is -0.140. The fourth-order valence-corrected chi connectivity index (χ4v) is 2.35. The summed E-state index contributed by atoms with van der Waals surface area (Å²) in [5.41, 5.74) is 2.12. The Hall–Kier alpha value is -1.68. The van der Waals surface area contributed by atoms with Crippen LogP contribution in [0.2, 0.25) is 0 Å². The predicted octanol–water partition coefficient (Wildman–Crippen LogP) is 3.12. The summed E-state index contributed by atoms with van der Waals surface area (Å²) in [7, 11) is 0. The zero-order valence-electron chi connectivity index (χ0n) is 9.15. The van der Waals surface area contributed by atoms with Crippen LogP contribution < -0.4 is 5.32 Å². The molecule has 0 radical (unpaired) electrons. The number of carbonyl (C=O) groups excluding carboxylic acids is 1. The van der Waals surface area contributed by atoms with Gasteiger partial charge in [0.1, 0.15) is 0 Å². The zero-order chi connectivity index (χ0) is 11.5. The molecule has 1 amide bonds. The van der Waals surface area contributed by atoms with Gasteiger partial charge in [-0.25, -0.2) is 4.98 Å². The zero-order valence-corrected chi connectivity index (χ0v) is 9.97. The highest BCUT2D eigenvalue weighted by atomic mass is 32.1. The lowest BCUT2D eigenvalue weighted by atomic mass is 10.2. The van der Waals surface area contributed by atoms with Crippen LogP contribution in [0.4, 0.5) is 5.13 Å². The quantitative estimate of drug-likeness (QED) is 0.808. The first kappa shape index (κ1) is 10.8. The van der Waals surface area contributed by atoms with Crippen molar-refractivity contribution in [3.8, 4) is 0 Å². The number of rotatable bonds is 2. The van der Waals surface area contributed by atoms with E-state index in [2.05, 4.69) is 16.4 Å². The largest absolute Gasteiger partial charge is 0.298 e. The molecule has 0 aliphatic heterocycles. The third kappa shape index (κ3) is 2.28. The Morgan fingerprint density at radius 2 is 2.31 bits per heavy atom. The number of hydrogen-bond donors (Lipinski definition) is 1. The highest BCUT2D eigenvalue weighted by molar-refractivity contribution is 7.22. The van der Waals surface area contributed by atoms with Gasteiger partial charge < -0.3 is 0 Å². The van der Waals surface area contributed by atoms with Crippen molar-refractivity contribution in [3.63, 3.8) is 0 Å². The lowest BCUT2D eigenvalue weighted by molar-refractivity contribution is -0.111. The van der Waals surface area contributed by atoms with Crippen LogP contribution in [0.5, 0.6) is 0 Å².